The number of hydrogen-bond donors (Lipinski definition) is 0. The highest BCUT2D eigenvalue weighted by Gasteiger charge is 2.49. The van der Waals surface area contributed by atoms with Crippen LogP contribution in [0.15, 0.2) is 0 Å². The van der Waals surface area contributed by atoms with E-state index in [1.54, 1.807) is 12.0 Å². The van der Waals surface area contributed by atoms with E-state index in [4.69, 9.17) is 13.9 Å². The molecule has 0 atom stereocenters. The Hall–Kier alpha value is -0.593. The zero-order chi connectivity index (χ0) is 18.1. The summed E-state index contributed by atoms with van der Waals surface area (Å²) in [5, 5.41) is 0.176. The van der Waals surface area contributed by atoms with E-state index in [9.17, 15) is 4.79 Å². The third kappa shape index (κ3) is 5.47. The topological polar surface area (TPSA) is 48.0 Å². The Bertz CT molecular complexity index is 417. The van der Waals surface area contributed by atoms with Gasteiger partial charge in [-0.25, -0.2) is 4.79 Å². The number of methoxy groups -OCH3 is 1. The Labute approximate surface area is 142 Å². The highest BCUT2D eigenvalue weighted by atomic mass is 28.4. The smallest absolute Gasteiger partial charge is 0.410 e. The predicted octanol–water partition coefficient (Wildman–Crippen LogP) is 3.89. The van der Waals surface area contributed by atoms with Crippen LogP contribution in [0.5, 0.6) is 0 Å². The molecule has 5 nitrogen and oxygen atoms in total. The first-order valence-electron chi connectivity index (χ1n) is 8.32. The van der Waals surface area contributed by atoms with E-state index in [0.29, 0.717) is 26.3 Å². The number of rotatable bonds is 5. The summed E-state index contributed by atoms with van der Waals surface area (Å²) >= 11 is 0. The molecule has 136 valence electrons. The van der Waals surface area contributed by atoms with E-state index < -0.39 is 13.9 Å². The molecular formula is C17H35NO4Si. The highest BCUT2D eigenvalue weighted by molar-refractivity contribution is 6.74. The van der Waals surface area contributed by atoms with Crippen LogP contribution in [0.2, 0.25) is 18.1 Å². The van der Waals surface area contributed by atoms with Crippen LogP contribution in [0.1, 0.15) is 41.5 Å². The highest BCUT2D eigenvalue weighted by Crippen LogP contribution is 2.39. The Kier molecular flexibility index (Phi) is 5.98. The maximum Gasteiger partial charge on any atom is 0.410 e. The molecule has 1 rings (SSSR count). The lowest BCUT2D eigenvalue weighted by Crippen LogP contribution is -2.64. The number of nitrogens with zero attached hydrogens (tertiary/aromatic N) is 1. The van der Waals surface area contributed by atoms with Crippen molar-refractivity contribution in [3.63, 3.8) is 0 Å². The molecule has 1 saturated heterocycles. The first-order valence-corrected chi connectivity index (χ1v) is 11.2. The molecule has 0 bridgehead atoms. The maximum absolute atomic E-state index is 12.1. The fourth-order valence-electron chi connectivity index (χ4n) is 2.30. The van der Waals surface area contributed by atoms with Crippen LogP contribution >= 0.6 is 0 Å². The average molecular weight is 346 g/mol. The Morgan fingerprint density at radius 1 is 1.09 bits per heavy atom. The third-order valence-electron chi connectivity index (χ3n) is 4.70. The van der Waals surface area contributed by atoms with Gasteiger partial charge < -0.3 is 18.8 Å². The molecule has 1 amide bonds. The zero-order valence-corrected chi connectivity index (χ0v) is 17.4. The van der Waals surface area contributed by atoms with Gasteiger partial charge in [-0.3, -0.25) is 0 Å². The molecule has 1 aliphatic rings. The number of carbonyl (C=O) groups excluding carboxylic acids is 1. The number of ether oxygens (including phenoxy) is 2. The van der Waals surface area contributed by atoms with Crippen molar-refractivity contribution in [3.05, 3.63) is 0 Å². The van der Waals surface area contributed by atoms with Crippen molar-refractivity contribution in [2.24, 2.45) is 5.41 Å². The van der Waals surface area contributed by atoms with Crippen molar-refractivity contribution in [1.82, 2.24) is 4.90 Å². The molecule has 0 radical (unpaired) electrons. The first-order chi connectivity index (χ1) is 10.2. The fourth-order valence-corrected chi connectivity index (χ4v) is 3.40. The minimum Gasteiger partial charge on any atom is -0.444 e. The first kappa shape index (κ1) is 20.5. The summed E-state index contributed by atoms with van der Waals surface area (Å²) in [4.78, 5) is 13.9. The van der Waals surface area contributed by atoms with Crippen LogP contribution in [0.25, 0.3) is 0 Å². The van der Waals surface area contributed by atoms with Crippen molar-refractivity contribution in [3.8, 4) is 0 Å². The molecule has 1 heterocycles. The number of amides is 1. The molecule has 0 unspecified atom stereocenters. The Morgan fingerprint density at radius 2 is 1.61 bits per heavy atom. The second kappa shape index (κ2) is 6.73. The molecule has 0 aromatic carbocycles. The predicted molar refractivity (Wildman–Crippen MR) is 95.3 cm³/mol. The van der Waals surface area contributed by atoms with Crippen LogP contribution in [0, 0.1) is 5.41 Å². The zero-order valence-electron chi connectivity index (χ0n) is 16.4. The van der Waals surface area contributed by atoms with Crippen LogP contribution < -0.4 is 0 Å². The fraction of sp³-hybridized carbons (Fsp3) is 0.941. The molecule has 1 fully saturated rings. The summed E-state index contributed by atoms with van der Waals surface area (Å²) in [5.74, 6) is 0. The van der Waals surface area contributed by atoms with Crippen molar-refractivity contribution in [1.29, 1.82) is 0 Å². The summed E-state index contributed by atoms with van der Waals surface area (Å²) in [6.45, 7) is 19.3. The van der Waals surface area contributed by atoms with Gasteiger partial charge in [-0.1, -0.05) is 20.8 Å². The van der Waals surface area contributed by atoms with Crippen LogP contribution in [0.3, 0.4) is 0 Å². The molecular weight excluding hydrogens is 310 g/mol. The van der Waals surface area contributed by atoms with Crippen molar-refractivity contribution >= 4 is 14.4 Å². The minimum absolute atomic E-state index is 0.110. The molecule has 23 heavy (non-hydrogen) atoms. The Balaban J connectivity index is 2.63. The van der Waals surface area contributed by atoms with E-state index in [1.165, 1.54) is 0 Å². The van der Waals surface area contributed by atoms with Crippen molar-refractivity contribution < 1.29 is 18.7 Å². The van der Waals surface area contributed by atoms with Gasteiger partial charge in [-0.05, 0) is 38.9 Å². The van der Waals surface area contributed by atoms with E-state index in [2.05, 4.69) is 33.9 Å². The minimum atomic E-state index is -1.80. The van der Waals surface area contributed by atoms with Crippen LogP contribution in [0.4, 0.5) is 4.79 Å². The molecule has 6 heteroatoms. The van der Waals surface area contributed by atoms with Crippen molar-refractivity contribution in [2.75, 3.05) is 33.4 Å². The summed E-state index contributed by atoms with van der Waals surface area (Å²) in [5.41, 5.74) is -0.574. The molecule has 0 saturated carbocycles. The van der Waals surface area contributed by atoms with Gasteiger partial charge in [0.05, 0.1) is 12.0 Å². The van der Waals surface area contributed by atoms with Gasteiger partial charge in [0, 0.05) is 26.8 Å². The largest absolute Gasteiger partial charge is 0.444 e. The van der Waals surface area contributed by atoms with Gasteiger partial charge in [0.1, 0.15) is 5.60 Å². The number of hydrogen-bond acceptors (Lipinski definition) is 4. The normalized spacial score (nSPS) is 18.6. The summed E-state index contributed by atoms with van der Waals surface area (Å²) in [6, 6.07) is 0. The van der Waals surface area contributed by atoms with Gasteiger partial charge in [-0.15, -0.1) is 0 Å². The van der Waals surface area contributed by atoms with Crippen molar-refractivity contribution in [2.45, 2.75) is 65.3 Å². The van der Waals surface area contributed by atoms with Gasteiger partial charge in [0.15, 0.2) is 8.32 Å². The lowest BCUT2D eigenvalue weighted by atomic mass is 9.82. The lowest BCUT2D eigenvalue weighted by Gasteiger charge is -2.51. The van der Waals surface area contributed by atoms with E-state index in [0.717, 1.165) is 0 Å². The second-order valence-electron chi connectivity index (χ2n) is 9.32. The quantitative estimate of drug-likeness (QED) is 0.709. The number of carbonyl (C=O) groups is 1. The molecule has 0 aromatic heterocycles. The monoisotopic (exact) mass is 345 g/mol. The van der Waals surface area contributed by atoms with Gasteiger partial charge >= 0.3 is 6.09 Å². The van der Waals surface area contributed by atoms with E-state index in [-0.39, 0.29) is 16.5 Å². The molecule has 0 aromatic rings. The number of likely N-dealkylation sites (tertiary alicyclic amines) is 1. The molecule has 0 aliphatic carbocycles. The molecule has 1 aliphatic heterocycles. The van der Waals surface area contributed by atoms with E-state index in [1.807, 2.05) is 20.8 Å². The van der Waals surface area contributed by atoms with E-state index >= 15 is 0 Å². The summed E-state index contributed by atoms with van der Waals surface area (Å²) in [7, 11) is -0.105. The SMILES string of the molecule is COCC1(CO[Si](C)(C)C(C)(C)C)CN(C(=O)OC(C)(C)C)C1. The lowest BCUT2D eigenvalue weighted by molar-refractivity contribution is -0.0842. The van der Waals surface area contributed by atoms with Crippen LogP contribution in [-0.2, 0) is 13.9 Å². The Morgan fingerprint density at radius 3 is 2.00 bits per heavy atom. The third-order valence-corrected chi connectivity index (χ3v) is 9.18. The maximum atomic E-state index is 12.1. The summed E-state index contributed by atoms with van der Waals surface area (Å²) < 4.78 is 17.2. The average Bonchev–Trinajstić information content (AvgIpc) is 2.27. The molecule has 0 spiro atoms. The second-order valence-corrected chi connectivity index (χ2v) is 14.1. The van der Waals surface area contributed by atoms with Gasteiger partial charge in [0.2, 0.25) is 0 Å². The van der Waals surface area contributed by atoms with Crippen LogP contribution in [-0.4, -0.2) is 58.3 Å². The standard InChI is InChI=1S/C17H35NO4Si/c1-15(2,3)22-14(19)18-10-17(11-18,12-20-7)13-21-23(8,9)16(4,5)6/h10-13H2,1-9H3. The summed E-state index contributed by atoms with van der Waals surface area (Å²) in [6.07, 6.45) is -0.253. The van der Waals surface area contributed by atoms with Gasteiger partial charge in [-0.2, -0.15) is 0 Å². The van der Waals surface area contributed by atoms with Gasteiger partial charge in [0.25, 0.3) is 0 Å². The molecule has 0 N–H and O–H groups in total.